The standard InChI is InChI=1S/C7H6F2N2O2/c8-7(9,1-6(12)13)5-2-10-4-11-3-5/h2-4H,1H2,(H,12,13). The van der Waals surface area contributed by atoms with E-state index < -0.39 is 23.9 Å². The van der Waals surface area contributed by atoms with Gasteiger partial charge in [-0.15, -0.1) is 0 Å². The van der Waals surface area contributed by atoms with E-state index in [-0.39, 0.29) is 0 Å². The molecule has 1 aromatic rings. The van der Waals surface area contributed by atoms with Crippen LogP contribution in [0.5, 0.6) is 0 Å². The van der Waals surface area contributed by atoms with Gasteiger partial charge in [-0.2, -0.15) is 0 Å². The lowest BCUT2D eigenvalue weighted by Gasteiger charge is -2.12. The van der Waals surface area contributed by atoms with Crippen LogP contribution in [0.15, 0.2) is 18.7 Å². The van der Waals surface area contributed by atoms with Gasteiger partial charge in [0.05, 0.1) is 5.56 Å². The van der Waals surface area contributed by atoms with Crippen LogP contribution in [-0.2, 0) is 10.7 Å². The Morgan fingerprint density at radius 1 is 1.46 bits per heavy atom. The minimum Gasteiger partial charge on any atom is -0.481 e. The van der Waals surface area contributed by atoms with Crippen LogP contribution in [0.25, 0.3) is 0 Å². The molecule has 6 heteroatoms. The van der Waals surface area contributed by atoms with Crippen LogP contribution in [-0.4, -0.2) is 21.0 Å². The Hall–Kier alpha value is -1.59. The molecule has 0 bridgehead atoms. The van der Waals surface area contributed by atoms with Gasteiger partial charge in [0.25, 0.3) is 5.92 Å². The van der Waals surface area contributed by atoms with E-state index in [0.717, 1.165) is 18.7 Å². The van der Waals surface area contributed by atoms with E-state index >= 15 is 0 Å². The van der Waals surface area contributed by atoms with Crippen molar-refractivity contribution in [3.05, 3.63) is 24.3 Å². The SMILES string of the molecule is O=C(O)CC(F)(F)c1cncnc1. The molecule has 0 radical (unpaired) electrons. The summed E-state index contributed by atoms with van der Waals surface area (Å²) in [5, 5.41) is 8.19. The molecule has 4 nitrogen and oxygen atoms in total. The number of nitrogens with zero attached hydrogens (tertiary/aromatic N) is 2. The summed E-state index contributed by atoms with van der Waals surface area (Å²) in [6.45, 7) is 0. The number of aromatic nitrogens is 2. The molecule has 0 aliphatic rings. The Labute approximate surface area is 72.3 Å². The second kappa shape index (κ2) is 3.42. The fourth-order valence-corrected chi connectivity index (χ4v) is 0.780. The zero-order valence-electron chi connectivity index (χ0n) is 6.44. The number of alkyl halides is 2. The summed E-state index contributed by atoms with van der Waals surface area (Å²) in [5.41, 5.74) is -0.489. The first-order chi connectivity index (χ1) is 6.02. The first kappa shape index (κ1) is 9.50. The molecule has 0 aliphatic heterocycles. The van der Waals surface area contributed by atoms with Gasteiger partial charge in [-0.3, -0.25) is 4.79 Å². The van der Waals surface area contributed by atoms with Gasteiger partial charge in [0.1, 0.15) is 12.7 Å². The molecule has 0 atom stereocenters. The Bertz CT molecular complexity index is 303. The van der Waals surface area contributed by atoms with Crippen LogP contribution in [0.1, 0.15) is 12.0 Å². The molecule has 0 aliphatic carbocycles. The smallest absolute Gasteiger partial charge is 0.309 e. The van der Waals surface area contributed by atoms with Gasteiger partial charge in [0, 0.05) is 12.4 Å². The lowest BCUT2D eigenvalue weighted by atomic mass is 10.1. The molecule has 0 unspecified atom stereocenters. The second-order valence-electron chi connectivity index (χ2n) is 2.40. The van der Waals surface area contributed by atoms with Crippen molar-refractivity contribution in [3.63, 3.8) is 0 Å². The van der Waals surface area contributed by atoms with Crippen LogP contribution in [0.4, 0.5) is 8.78 Å². The lowest BCUT2D eigenvalue weighted by molar-refractivity contribution is -0.145. The minimum atomic E-state index is -3.41. The first-order valence-corrected chi connectivity index (χ1v) is 3.37. The fourth-order valence-electron chi connectivity index (χ4n) is 0.780. The summed E-state index contributed by atoms with van der Waals surface area (Å²) in [7, 11) is 0. The van der Waals surface area contributed by atoms with Gasteiger partial charge in [-0.05, 0) is 0 Å². The predicted molar refractivity (Wildman–Crippen MR) is 38.2 cm³/mol. The third-order valence-corrected chi connectivity index (χ3v) is 1.36. The van der Waals surface area contributed by atoms with Gasteiger partial charge < -0.3 is 5.11 Å². The third kappa shape index (κ3) is 2.43. The summed E-state index contributed by atoms with van der Waals surface area (Å²) in [6, 6.07) is 0. The molecule has 0 saturated heterocycles. The number of aliphatic carboxylic acids is 1. The van der Waals surface area contributed by atoms with Crippen molar-refractivity contribution in [1.82, 2.24) is 9.97 Å². The number of carboxylic acid groups (broad SMARTS) is 1. The average molecular weight is 188 g/mol. The van der Waals surface area contributed by atoms with E-state index in [1.807, 2.05) is 0 Å². The molecular formula is C7H6F2N2O2. The lowest BCUT2D eigenvalue weighted by Crippen LogP contribution is -2.18. The summed E-state index contributed by atoms with van der Waals surface area (Å²) in [6.07, 6.45) is 1.65. The maximum Gasteiger partial charge on any atom is 0.309 e. The number of halogens is 2. The van der Waals surface area contributed by atoms with E-state index in [1.165, 1.54) is 0 Å². The van der Waals surface area contributed by atoms with Crippen molar-refractivity contribution < 1.29 is 18.7 Å². The van der Waals surface area contributed by atoms with Gasteiger partial charge in [-0.25, -0.2) is 18.7 Å². The molecule has 0 spiro atoms. The molecule has 0 amide bonds. The van der Waals surface area contributed by atoms with Crippen molar-refractivity contribution >= 4 is 5.97 Å². The van der Waals surface area contributed by atoms with Gasteiger partial charge in [0.15, 0.2) is 0 Å². The van der Waals surface area contributed by atoms with Crippen molar-refractivity contribution in [1.29, 1.82) is 0 Å². The number of carboxylic acids is 1. The summed E-state index contributed by atoms with van der Waals surface area (Å²) >= 11 is 0. The quantitative estimate of drug-likeness (QED) is 0.769. The highest BCUT2D eigenvalue weighted by atomic mass is 19.3. The average Bonchev–Trinajstić information content (AvgIpc) is 2.04. The van der Waals surface area contributed by atoms with E-state index in [9.17, 15) is 13.6 Å². The monoisotopic (exact) mass is 188 g/mol. The van der Waals surface area contributed by atoms with Gasteiger partial charge in [-0.1, -0.05) is 0 Å². The number of hydrogen-bond acceptors (Lipinski definition) is 3. The number of rotatable bonds is 3. The third-order valence-electron chi connectivity index (χ3n) is 1.36. The summed E-state index contributed by atoms with van der Waals surface area (Å²) in [5.74, 6) is -4.97. The Morgan fingerprint density at radius 2 is 2.00 bits per heavy atom. The van der Waals surface area contributed by atoms with Crippen molar-refractivity contribution in [2.24, 2.45) is 0 Å². The van der Waals surface area contributed by atoms with Crippen molar-refractivity contribution in [2.75, 3.05) is 0 Å². The number of carbonyl (C=O) groups is 1. The Morgan fingerprint density at radius 3 is 2.46 bits per heavy atom. The molecule has 0 saturated carbocycles. The van der Waals surface area contributed by atoms with E-state index in [2.05, 4.69) is 9.97 Å². The maximum absolute atomic E-state index is 12.9. The predicted octanol–water partition coefficient (Wildman–Crippen LogP) is 1.04. The van der Waals surface area contributed by atoms with Gasteiger partial charge >= 0.3 is 5.97 Å². The van der Waals surface area contributed by atoms with Crippen LogP contribution >= 0.6 is 0 Å². The van der Waals surface area contributed by atoms with Gasteiger partial charge in [0.2, 0.25) is 0 Å². The van der Waals surface area contributed by atoms with E-state index in [4.69, 9.17) is 5.11 Å². The minimum absolute atomic E-state index is 0.489. The summed E-state index contributed by atoms with van der Waals surface area (Å²) in [4.78, 5) is 16.8. The maximum atomic E-state index is 12.9. The summed E-state index contributed by atoms with van der Waals surface area (Å²) < 4.78 is 25.9. The number of hydrogen-bond donors (Lipinski definition) is 1. The van der Waals surface area contributed by atoms with Crippen LogP contribution in [0, 0.1) is 0 Å². The molecule has 0 aromatic carbocycles. The molecule has 0 fully saturated rings. The van der Waals surface area contributed by atoms with Crippen LogP contribution in [0.2, 0.25) is 0 Å². The van der Waals surface area contributed by atoms with E-state index in [0.29, 0.717) is 0 Å². The molecule has 1 N–H and O–H groups in total. The molecule has 1 rings (SSSR count). The molecule has 1 heterocycles. The molecular weight excluding hydrogens is 182 g/mol. The molecule has 70 valence electrons. The van der Waals surface area contributed by atoms with Crippen LogP contribution < -0.4 is 0 Å². The zero-order valence-corrected chi connectivity index (χ0v) is 6.44. The Balaban J connectivity index is 2.87. The normalized spacial score (nSPS) is 11.2. The van der Waals surface area contributed by atoms with Crippen molar-refractivity contribution in [3.8, 4) is 0 Å². The fraction of sp³-hybridized carbons (Fsp3) is 0.286. The first-order valence-electron chi connectivity index (χ1n) is 3.37. The second-order valence-corrected chi connectivity index (χ2v) is 2.40. The van der Waals surface area contributed by atoms with Crippen molar-refractivity contribution in [2.45, 2.75) is 12.3 Å². The Kier molecular flexibility index (Phi) is 2.50. The highest BCUT2D eigenvalue weighted by Crippen LogP contribution is 2.30. The highest BCUT2D eigenvalue weighted by Gasteiger charge is 2.35. The van der Waals surface area contributed by atoms with Crippen LogP contribution in [0.3, 0.4) is 0 Å². The molecule has 1 aromatic heterocycles. The topological polar surface area (TPSA) is 63.1 Å². The molecule has 13 heavy (non-hydrogen) atoms. The highest BCUT2D eigenvalue weighted by molar-refractivity contribution is 5.68. The van der Waals surface area contributed by atoms with E-state index in [1.54, 1.807) is 0 Å². The zero-order chi connectivity index (χ0) is 9.90. The largest absolute Gasteiger partial charge is 0.481 e.